The van der Waals surface area contributed by atoms with Gasteiger partial charge in [-0.2, -0.15) is 0 Å². The van der Waals surface area contributed by atoms with Crippen molar-refractivity contribution in [2.75, 3.05) is 13.1 Å². The third kappa shape index (κ3) is 4.94. The number of amides is 2. The van der Waals surface area contributed by atoms with Gasteiger partial charge in [0.1, 0.15) is 11.1 Å². The molecule has 25 heavy (non-hydrogen) atoms. The van der Waals surface area contributed by atoms with Crippen LogP contribution < -0.4 is 16.1 Å². The van der Waals surface area contributed by atoms with Crippen LogP contribution in [0.5, 0.6) is 0 Å². The van der Waals surface area contributed by atoms with Crippen LogP contribution >= 0.6 is 0 Å². The van der Waals surface area contributed by atoms with E-state index in [4.69, 9.17) is 0 Å². The highest BCUT2D eigenvalue weighted by molar-refractivity contribution is 5.99. The van der Waals surface area contributed by atoms with Gasteiger partial charge >= 0.3 is 0 Å². The van der Waals surface area contributed by atoms with Crippen molar-refractivity contribution < 1.29 is 9.59 Å². The van der Waals surface area contributed by atoms with Gasteiger partial charge < -0.3 is 15.2 Å². The maximum Gasteiger partial charge on any atom is 0.256 e. The molecule has 1 fully saturated rings. The number of hydrogen-bond donors (Lipinski definition) is 2. The average molecular weight is 347 g/mol. The number of nitrogens with zero attached hydrogens (tertiary/aromatic N) is 1. The summed E-state index contributed by atoms with van der Waals surface area (Å²) in [5, 5.41) is 5.45. The number of rotatable bonds is 6. The zero-order valence-electron chi connectivity index (χ0n) is 15.4. The molecular weight excluding hydrogens is 318 g/mol. The van der Waals surface area contributed by atoms with Gasteiger partial charge in [0.05, 0.1) is 0 Å². The zero-order chi connectivity index (χ0) is 18.4. The molecule has 6 heteroatoms. The Hall–Kier alpha value is -2.11. The predicted molar refractivity (Wildman–Crippen MR) is 98.0 cm³/mol. The van der Waals surface area contributed by atoms with Crippen LogP contribution in [0, 0.1) is 5.92 Å². The highest BCUT2D eigenvalue weighted by atomic mass is 16.2. The van der Waals surface area contributed by atoms with Gasteiger partial charge in [-0.3, -0.25) is 14.4 Å². The summed E-state index contributed by atoms with van der Waals surface area (Å²) in [6.45, 7) is 6.72. The molecular formula is C19H29N3O3. The van der Waals surface area contributed by atoms with Crippen molar-refractivity contribution in [3.05, 3.63) is 33.7 Å². The second-order valence-corrected chi connectivity index (χ2v) is 7.12. The SMILES string of the molecule is CCNC(=O)c1cn(C2CCCCC2)cc(C(=O)NCC(C)C)c1=O. The van der Waals surface area contributed by atoms with Crippen LogP contribution in [0.15, 0.2) is 17.2 Å². The Kier molecular flexibility index (Phi) is 6.79. The van der Waals surface area contributed by atoms with Gasteiger partial charge in [0.2, 0.25) is 5.43 Å². The first-order valence-electron chi connectivity index (χ1n) is 9.26. The van der Waals surface area contributed by atoms with E-state index in [0.717, 1.165) is 25.7 Å². The number of pyridine rings is 1. The van der Waals surface area contributed by atoms with Crippen molar-refractivity contribution in [1.82, 2.24) is 15.2 Å². The summed E-state index contributed by atoms with van der Waals surface area (Å²) in [5.41, 5.74) is -0.404. The smallest absolute Gasteiger partial charge is 0.256 e. The van der Waals surface area contributed by atoms with Crippen molar-refractivity contribution in [2.45, 2.75) is 58.9 Å². The minimum Gasteiger partial charge on any atom is -0.352 e. The summed E-state index contributed by atoms with van der Waals surface area (Å²) in [5.74, 6) is -0.541. The fraction of sp³-hybridized carbons (Fsp3) is 0.632. The molecule has 0 aliphatic heterocycles. The minimum atomic E-state index is -0.501. The van der Waals surface area contributed by atoms with Gasteiger partial charge in [-0.25, -0.2) is 0 Å². The molecule has 1 saturated carbocycles. The Morgan fingerprint density at radius 3 is 2.16 bits per heavy atom. The summed E-state index contributed by atoms with van der Waals surface area (Å²) in [6, 6.07) is 0.235. The monoisotopic (exact) mass is 347 g/mol. The van der Waals surface area contributed by atoms with E-state index in [9.17, 15) is 14.4 Å². The Labute approximate surface area is 149 Å². The second kappa shape index (κ2) is 8.83. The predicted octanol–water partition coefficient (Wildman–Crippen LogP) is 2.49. The maximum absolute atomic E-state index is 12.7. The van der Waals surface area contributed by atoms with Gasteiger partial charge in [0, 0.05) is 31.5 Å². The topological polar surface area (TPSA) is 80.2 Å². The normalized spacial score (nSPS) is 15.2. The van der Waals surface area contributed by atoms with Crippen molar-refractivity contribution in [3.8, 4) is 0 Å². The zero-order valence-corrected chi connectivity index (χ0v) is 15.4. The van der Waals surface area contributed by atoms with Crippen LogP contribution in [0.4, 0.5) is 0 Å². The molecule has 2 amide bonds. The lowest BCUT2D eigenvalue weighted by atomic mass is 9.95. The van der Waals surface area contributed by atoms with Crippen LogP contribution in [0.25, 0.3) is 0 Å². The maximum atomic E-state index is 12.7. The number of carbonyl (C=O) groups is 2. The van der Waals surface area contributed by atoms with Crippen molar-refractivity contribution in [1.29, 1.82) is 0 Å². The molecule has 0 saturated heterocycles. The highest BCUT2D eigenvalue weighted by Gasteiger charge is 2.22. The molecule has 1 aromatic rings. The molecule has 1 aliphatic rings. The standard InChI is InChI=1S/C19H29N3O3/c1-4-20-18(24)15-11-22(14-8-6-5-7-9-14)12-16(17(15)23)19(25)21-10-13(2)3/h11-14H,4-10H2,1-3H3,(H,20,24)(H,21,25). The molecule has 0 unspecified atom stereocenters. The lowest BCUT2D eigenvalue weighted by Crippen LogP contribution is -2.36. The van der Waals surface area contributed by atoms with E-state index < -0.39 is 17.2 Å². The van der Waals surface area contributed by atoms with Crippen molar-refractivity contribution >= 4 is 11.8 Å². The molecule has 6 nitrogen and oxygen atoms in total. The fourth-order valence-corrected chi connectivity index (χ4v) is 3.16. The molecule has 1 heterocycles. The number of hydrogen-bond acceptors (Lipinski definition) is 3. The van der Waals surface area contributed by atoms with Gasteiger partial charge in [0.15, 0.2) is 0 Å². The fourth-order valence-electron chi connectivity index (χ4n) is 3.16. The van der Waals surface area contributed by atoms with E-state index in [0.29, 0.717) is 13.1 Å². The molecule has 1 aromatic heterocycles. The summed E-state index contributed by atoms with van der Waals surface area (Å²) in [7, 11) is 0. The van der Waals surface area contributed by atoms with Crippen molar-refractivity contribution in [2.24, 2.45) is 5.92 Å². The lowest BCUT2D eigenvalue weighted by molar-refractivity contribution is 0.0946. The Morgan fingerprint density at radius 1 is 1.08 bits per heavy atom. The Balaban J connectivity index is 2.41. The Bertz CT molecular complexity index is 673. The molecule has 0 spiro atoms. The molecule has 0 bridgehead atoms. The quantitative estimate of drug-likeness (QED) is 0.830. The summed E-state index contributed by atoms with van der Waals surface area (Å²) in [4.78, 5) is 37.4. The first kappa shape index (κ1) is 19.2. The van der Waals surface area contributed by atoms with Gasteiger partial charge in [0.25, 0.3) is 11.8 Å². The number of nitrogens with one attached hydrogen (secondary N) is 2. The lowest BCUT2D eigenvalue weighted by Gasteiger charge is -2.25. The van der Waals surface area contributed by atoms with Crippen molar-refractivity contribution in [3.63, 3.8) is 0 Å². The Morgan fingerprint density at radius 2 is 1.64 bits per heavy atom. The van der Waals surface area contributed by atoms with Gasteiger partial charge in [-0.1, -0.05) is 33.1 Å². The van der Waals surface area contributed by atoms with E-state index in [1.807, 2.05) is 18.4 Å². The number of carbonyl (C=O) groups excluding carboxylic acids is 2. The molecule has 0 atom stereocenters. The third-order valence-electron chi connectivity index (χ3n) is 4.54. The number of aromatic nitrogens is 1. The first-order valence-corrected chi connectivity index (χ1v) is 9.26. The molecule has 1 aliphatic carbocycles. The van der Waals surface area contributed by atoms with Crippen LogP contribution in [0.2, 0.25) is 0 Å². The summed E-state index contributed by atoms with van der Waals surface area (Å²) in [6.07, 6.45) is 8.71. The summed E-state index contributed by atoms with van der Waals surface area (Å²) < 4.78 is 1.90. The van der Waals surface area contributed by atoms with Crippen LogP contribution in [-0.2, 0) is 0 Å². The molecule has 138 valence electrons. The molecule has 2 N–H and O–H groups in total. The second-order valence-electron chi connectivity index (χ2n) is 7.12. The minimum absolute atomic E-state index is 0.0459. The first-order chi connectivity index (χ1) is 11.9. The van der Waals surface area contributed by atoms with E-state index >= 15 is 0 Å². The summed E-state index contributed by atoms with van der Waals surface area (Å²) >= 11 is 0. The average Bonchev–Trinajstić information content (AvgIpc) is 2.60. The molecule has 0 aromatic carbocycles. The molecule has 2 rings (SSSR count). The van der Waals surface area contributed by atoms with Crippen LogP contribution in [-0.4, -0.2) is 29.5 Å². The van der Waals surface area contributed by atoms with E-state index in [-0.39, 0.29) is 23.1 Å². The van der Waals surface area contributed by atoms with E-state index in [1.54, 1.807) is 19.3 Å². The third-order valence-corrected chi connectivity index (χ3v) is 4.54. The van der Waals surface area contributed by atoms with Crippen LogP contribution in [0.1, 0.15) is 79.6 Å². The van der Waals surface area contributed by atoms with Crippen LogP contribution in [0.3, 0.4) is 0 Å². The van der Waals surface area contributed by atoms with E-state index in [1.165, 1.54) is 6.42 Å². The largest absolute Gasteiger partial charge is 0.352 e. The van der Waals surface area contributed by atoms with Gasteiger partial charge in [-0.15, -0.1) is 0 Å². The molecule has 0 radical (unpaired) electrons. The van der Waals surface area contributed by atoms with E-state index in [2.05, 4.69) is 10.6 Å². The highest BCUT2D eigenvalue weighted by Crippen LogP contribution is 2.28. The van der Waals surface area contributed by atoms with Gasteiger partial charge in [-0.05, 0) is 25.7 Å².